The molecule has 188 valence electrons. The van der Waals surface area contributed by atoms with Gasteiger partial charge in [-0.15, -0.1) is 0 Å². The molecule has 10 nitrogen and oxygen atoms in total. The van der Waals surface area contributed by atoms with Crippen LogP contribution in [0, 0.1) is 0 Å². The molecule has 1 aromatic carbocycles. The molecule has 0 atom stereocenters. The molecular formula is C23H22F3N7O3. The molecule has 0 aliphatic heterocycles. The van der Waals surface area contributed by atoms with E-state index in [9.17, 15) is 22.8 Å². The fourth-order valence-electron chi connectivity index (χ4n) is 3.79. The minimum absolute atomic E-state index is 0.00143. The lowest BCUT2D eigenvalue weighted by Crippen LogP contribution is -2.45. The summed E-state index contributed by atoms with van der Waals surface area (Å²) in [6, 6.07) is 7.03. The van der Waals surface area contributed by atoms with E-state index in [0.717, 1.165) is 17.6 Å². The molecule has 0 radical (unpaired) electrons. The second-order valence-corrected chi connectivity index (χ2v) is 8.01. The highest BCUT2D eigenvalue weighted by atomic mass is 19.4. The molecule has 2 N–H and O–H groups in total. The van der Waals surface area contributed by atoms with Gasteiger partial charge in [0.05, 0.1) is 36.1 Å². The number of halogens is 3. The Morgan fingerprint density at radius 3 is 2.64 bits per heavy atom. The number of carbonyl (C=O) groups excluding carboxylic acids is 2. The third-order valence-corrected chi connectivity index (χ3v) is 5.67. The van der Waals surface area contributed by atoms with Gasteiger partial charge in [-0.05, 0) is 30.3 Å². The number of nitrogen functional groups attached to an aromatic ring is 1. The number of nitrogens with zero attached hydrogens (tertiary/aromatic N) is 6. The molecule has 4 aromatic rings. The van der Waals surface area contributed by atoms with Crippen LogP contribution in [-0.4, -0.2) is 62.3 Å². The third-order valence-electron chi connectivity index (χ3n) is 5.67. The molecule has 1 amide bonds. The number of aryl methyl sites for hydroxylation is 1. The Kier molecular flexibility index (Phi) is 6.75. The largest absolute Gasteiger partial charge is 0.466 e. The Hall–Kier alpha value is -4.26. The molecule has 0 saturated carbocycles. The lowest BCUT2D eigenvalue weighted by Gasteiger charge is -2.31. The molecule has 0 aliphatic rings. The zero-order valence-electron chi connectivity index (χ0n) is 19.4. The summed E-state index contributed by atoms with van der Waals surface area (Å²) in [6.07, 6.45) is -2.17. The summed E-state index contributed by atoms with van der Waals surface area (Å²) in [5.74, 6) is -0.137. The normalized spacial score (nSPS) is 11.8. The summed E-state index contributed by atoms with van der Waals surface area (Å²) in [6.45, 7) is 0.332. The maximum Gasteiger partial charge on any atom is 0.417 e. The molecule has 0 unspecified atom stereocenters. The number of benzene rings is 1. The summed E-state index contributed by atoms with van der Waals surface area (Å²) in [5.41, 5.74) is 6.92. The fraction of sp³-hybridized carbons (Fsp3) is 0.261. The summed E-state index contributed by atoms with van der Waals surface area (Å²) >= 11 is 0. The van der Waals surface area contributed by atoms with Crippen molar-refractivity contribution in [2.45, 2.75) is 12.7 Å². The molecule has 4 rings (SSSR count). The number of nitrogens with two attached hydrogens (primary N) is 1. The first-order valence-electron chi connectivity index (χ1n) is 10.7. The maximum atomic E-state index is 13.6. The topological polar surface area (TPSA) is 119 Å². The van der Waals surface area contributed by atoms with Crippen molar-refractivity contribution in [1.82, 2.24) is 29.8 Å². The molecule has 0 saturated heterocycles. The van der Waals surface area contributed by atoms with Crippen LogP contribution in [-0.2, 0) is 29.3 Å². The van der Waals surface area contributed by atoms with E-state index in [1.807, 2.05) is 0 Å². The zero-order chi connectivity index (χ0) is 26.0. The number of likely N-dealkylation sites (N-methyl/N-ethyl adjacent to an activating group) is 1. The van der Waals surface area contributed by atoms with Crippen LogP contribution < -0.4 is 5.73 Å². The van der Waals surface area contributed by atoms with Gasteiger partial charge >= 0.3 is 6.18 Å². The number of alkyl halides is 3. The first-order valence-corrected chi connectivity index (χ1v) is 10.7. The van der Waals surface area contributed by atoms with Gasteiger partial charge in [0, 0.05) is 36.6 Å². The predicted molar refractivity (Wildman–Crippen MR) is 124 cm³/mol. The second kappa shape index (κ2) is 9.77. The first kappa shape index (κ1) is 24.9. The number of ether oxygens (including phenoxy) is 1. The van der Waals surface area contributed by atoms with Gasteiger partial charge in [0.25, 0.3) is 12.4 Å². The summed E-state index contributed by atoms with van der Waals surface area (Å²) < 4.78 is 45.1. The average Bonchev–Trinajstić information content (AvgIpc) is 3.24. The lowest BCUT2D eigenvalue weighted by molar-refractivity contribution is -0.138. The van der Waals surface area contributed by atoms with Crippen molar-refractivity contribution in [2.75, 3.05) is 25.9 Å². The van der Waals surface area contributed by atoms with Crippen molar-refractivity contribution in [3.05, 3.63) is 59.5 Å². The third kappa shape index (κ3) is 4.91. The summed E-state index contributed by atoms with van der Waals surface area (Å²) in [7, 11) is 3.33. The second-order valence-electron chi connectivity index (χ2n) is 8.01. The standard InChI is InChI=1S/C23H22F3N7O3/c1-31(7-8-36-13-34)33(12-16-5-4-15(10-28-16)23(24,25)26)22(35)14-3-6-19-17(9-14)18-11-29-32(2)20(18)21(27)30-19/h3-6,9-11,13H,7-8,12H2,1-2H3,(H2,27,30). The van der Waals surface area contributed by atoms with E-state index >= 15 is 0 Å². The Bertz CT molecular complexity index is 1420. The molecular weight excluding hydrogens is 479 g/mol. The Labute approximate surface area is 203 Å². The first-order chi connectivity index (χ1) is 17.1. The average molecular weight is 501 g/mol. The van der Waals surface area contributed by atoms with Crippen LogP contribution in [0.25, 0.3) is 21.8 Å². The smallest absolute Gasteiger partial charge is 0.417 e. The lowest BCUT2D eigenvalue weighted by atomic mass is 10.1. The number of hydrogen-bond donors (Lipinski definition) is 1. The molecule has 13 heteroatoms. The summed E-state index contributed by atoms with van der Waals surface area (Å²) in [4.78, 5) is 32.4. The van der Waals surface area contributed by atoms with E-state index in [-0.39, 0.29) is 25.4 Å². The van der Waals surface area contributed by atoms with Gasteiger partial charge in [-0.25, -0.2) is 9.99 Å². The van der Waals surface area contributed by atoms with Crippen LogP contribution in [0.15, 0.2) is 42.7 Å². The van der Waals surface area contributed by atoms with Gasteiger partial charge in [-0.3, -0.25) is 24.3 Å². The quantitative estimate of drug-likeness (QED) is 0.222. The highest BCUT2D eigenvalue weighted by Gasteiger charge is 2.31. The number of rotatable bonds is 8. The number of carbonyl (C=O) groups is 2. The number of fused-ring (bicyclic) bond motifs is 3. The summed E-state index contributed by atoms with van der Waals surface area (Å²) in [5, 5.41) is 8.44. The predicted octanol–water partition coefficient (Wildman–Crippen LogP) is 2.78. The Morgan fingerprint density at radius 1 is 1.19 bits per heavy atom. The fourth-order valence-corrected chi connectivity index (χ4v) is 3.79. The van der Waals surface area contributed by atoms with Crippen molar-refractivity contribution >= 4 is 40.0 Å². The van der Waals surface area contributed by atoms with Crippen molar-refractivity contribution in [1.29, 1.82) is 0 Å². The number of hydrogen-bond acceptors (Lipinski definition) is 8. The van der Waals surface area contributed by atoms with E-state index in [1.165, 1.54) is 16.1 Å². The molecule has 3 aromatic heterocycles. The van der Waals surface area contributed by atoms with E-state index in [4.69, 9.17) is 10.5 Å². The van der Waals surface area contributed by atoms with Crippen molar-refractivity contribution < 1.29 is 27.5 Å². The van der Waals surface area contributed by atoms with Crippen LogP contribution in [0.3, 0.4) is 0 Å². The molecule has 0 aliphatic carbocycles. The number of pyridine rings is 2. The van der Waals surface area contributed by atoms with Gasteiger partial charge in [0.1, 0.15) is 17.9 Å². The molecule has 3 heterocycles. The Balaban J connectivity index is 1.70. The zero-order valence-corrected chi connectivity index (χ0v) is 19.4. The van der Waals surface area contributed by atoms with Gasteiger partial charge < -0.3 is 10.5 Å². The highest BCUT2D eigenvalue weighted by molar-refractivity contribution is 6.10. The minimum atomic E-state index is -4.52. The van der Waals surface area contributed by atoms with E-state index in [2.05, 4.69) is 15.1 Å². The van der Waals surface area contributed by atoms with Crippen LogP contribution in [0.5, 0.6) is 0 Å². The number of anilines is 1. The van der Waals surface area contributed by atoms with Gasteiger partial charge in [-0.1, -0.05) is 0 Å². The monoisotopic (exact) mass is 501 g/mol. The molecule has 0 spiro atoms. The van der Waals surface area contributed by atoms with Crippen LogP contribution >= 0.6 is 0 Å². The van der Waals surface area contributed by atoms with Gasteiger partial charge in [0.15, 0.2) is 0 Å². The van der Waals surface area contributed by atoms with Gasteiger partial charge in [0.2, 0.25) is 0 Å². The van der Waals surface area contributed by atoms with E-state index in [0.29, 0.717) is 34.3 Å². The maximum absolute atomic E-state index is 13.6. The van der Waals surface area contributed by atoms with E-state index < -0.39 is 17.6 Å². The van der Waals surface area contributed by atoms with Crippen molar-refractivity contribution in [3.63, 3.8) is 0 Å². The number of hydrazine groups is 1. The van der Waals surface area contributed by atoms with E-state index in [1.54, 1.807) is 43.2 Å². The number of amides is 1. The highest BCUT2D eigenvalue weighted by Crippen LogP contribution is 2.30. The van der Waals surface area contributed by atoms with Crippen molar-refractivity contribution in [2.24, 2.45) is 7.05 Å². The SMILES string of the molecule is CN(CCOC=O)N(Cc1ccc(C(F)(F)F)cn1)C(=O)c1ccc2nc(N)c3c(cnn3C)c2c1. The van der Waals surface area contributed by atoms with Crippen LogP contribution in [0.1, 0.15) is 21.6 Å². The minimum Gasteiger partial charge on any atom is -0.466 e. The molecule has 0 fully saturated rings. The Morgan fingerprint density at radius 2 is 1.97 bits per heavy atom. The molecule has 36 heavy (non-hydrogen) atoms. The molecule has 0 bridgehead atoms. The van der Waals surface area contributed by atoms with Crippen LogP contribution in [0.2, 0.25) is 0 Å². The van der Waals surface area contributed by atoms with Crippen LogP contribution in [0.4, 0.5) is 19.0 Å². The van der Waals surface area contributed by atoms with Crippen molar-refractivity contribution in [3.8, 4) is 0 Å². The van der Waals surface area contributed by atoms with Gasteiger partial charge in [-0.2, -0.15) is 18.3 Å². The number of aromatic nitrogens is 4.